The number of hydrogen-bond acceptors (Lipinski definition) is 0. The average molecular weight is 249 g/mol. The van der Waals surface area contributed by atoms with Crippen molar-refractivity contribution >= 4 is 15.9 Å². The largest absolute Gasteiger partial charge is 0.120 e. The van der Waals surface area contributed by atoms with Crippen molar-refractivity contribution in [2.75, 3.05) is 0 Å². The molecule has 14 heavy (non-hydrogen) atoms. The summed E-state index contributed by atoms with van der Waals surface area (Å²) in [5, 5.41) is 0. The molecule has 1 fully saturated rings. The molecule has 72 valence electrons. The van der Waals surface area contributed by atoms with Gasteiger partial charge in [-0.3, -0.25) is 0 Å². The lowest BCUT2D eigenvalue weighted by Gasteiger charge is -2.06. The highest BCUT2D eigenvalue weighted by Gasteiger charge is 2.39. The predicted molar refractivity (Wildman–Crippen MR) is 63.0 cm³/mol. The molecule has 1 aliphatic carbocycles. The summed E-state index contributed by atoms with van der Waals surface area (Å²) in [5.41, 5.74) is 1.64. The second kappa shape index (κ2) is 3.79. The third kappa shape index (κ3) is 2.19. The van der Waals surface area contributed by atoms with E-state index in [1.165, 1.54) is 18.4 Å². The SMILES string of the molecule is C#CC1(CCc2ccc(Br)cc2)CC1. The highest BCUT2D eigenvalue weighted by atomic mass is 79.9. The number of aryl methyl sites for hydroxylation is 1. The van der Waals surface area contributed by atoms with Gasteiger partial charge in [0.15, 0.2) is 0 Å². The van der Waals surface area contributed by atoms with Crippen molar-refractivity contribution < 1.29 is 0 Å². The van der Waals surface area contributed by atoms with Crippen molar-refractivity contribution in [3.05, 3.63) is 34.3 Å². The van der Waals surface area contributed by atoms with Crippen molar-refractivity contribution in [1.82, 2.24) is 0 Å². The summed E-state index contributed by atoms with van der Waals surface area (Å²) in [6, 6.07) is 8.50. The van der Waals surface area contributed by atoms with E-state index in [2.05, 4.69) is 46.1 Å². The second-order valence-electron chi connectivity index (χ2n) is 4.05. The van der Waals surface area contributed by atoms with Crippen LogP contribution in [0, 0.1) is 17.8 Å². The van der Waals surface area contributed by atoms with Gasteiger partial charge in [-0.2, -0.15) is 0 Å². The third-order valence-corrected chi connectivity index (χ3v) is 3.49. The third-order valence-electron chi connectivity index (χ3n) is 2.97. The van der Waals surface area contributed by atoms with Gasteiger partial charge in [-0.15, -0.1) is 6.42 Å². The van der Waals surface area contributed by atoms with Gasteiger partial charge in [0.2, 0.25) is 0 Å². The zero-order chi connectivity index (χ0) is 10.0. The van der Waals surface area contributed by atoms with E-state index in [9.17, 15) is 0 Å². The molecule has 0 spiro atoms. The molecule has 1 aromatic rings. The van der Waals surface area contributed by atoms with Crippen LogP contribution in [0.4, 0.5) is 0 Å². The first-order valence-electron chi connectivity index (χ1n) is 4.96. The Kier molecular flexibility index (Phi) is 2.65. The first kappa shape index (κ1) is 9.80. The first-order valence-corrected chi connectivity index (χ1v) is 5.76. The number of benzene rings is 1. The fourth-order valence-electron chi connectivity index (χ4n) is 1.65. The molecular weight excluding hydrogens is 236 g/mol. The van der Waals surface area contributed by atoms with Crippen LogP contribution in [0.1, 0.15) is 24.8 Å². The van der Waals surface area contributed by atoms with Crippen LogP contribution < -0.4 is 0 Å². The van der Waals surface area contributed by atoms with Crippen LogP contribution in [0.5, 0.6) is 0 Å². The molecular formula is C13H13Br. The molecule has 1 aromatic carbocycles. The van der Waals surface area contributed by atoms with Gasteiger partial charge in [-0.25, -0.2) is 0 Å². The lowest BCUT2D eigenvalue weighted by molar-refractivity contribution is 0.606. The van der Waals surface area contributed by atoms with Crippen molar-refractivity contribution in [2.45, 2.75) is 25.7 Å². The quantitative estimate of drug-likeness (QED) is 0.715. The Balaban J connectivity index is 1.93. The van der Waals surface area contributed by atoms with E-state index in [0.717, 1.165) is 17.3 Å². The molecule has 1 aliphatic rings. The van der Waals surface area contributed by atoms with E-state index in [1.807, 2.05) is 0 Å². The minimum absolute atomic E-state index is 0.257. The average Bonchev–Trinajstić information content (AvgIpc) is 2.98. The lowest BCUT2D eigenvalue weighted by Crippen LogP contribution is -1.98. The van der Waals surface area contributed by atoms with Crippen LogP contribution in [0.2, 0.25) is 0 Å². The molecule has 0 aromatic heterocycles. The van der Waals surface area contributed by atoms with Crippen LogP contribution in [0.3, 0.4) is 0 Å². The fourth-order valence-corrected chi connectivity index (χ4v) is 1.92. The minimum atomic E-state index is 0.257. The number of halogens is 1. The normalized spacial score (nSPS) is 17.4. The topological polar surface area (TPSA) is 0 Å². The van der Waals surface area contributed by atoms with Crippen LogP contribution >= 0.6 is 15.9 Å². The molecule has 0 amide bonds. The molecule has 0 unspecified atom stereocenters. The number of hydrogen-bond donors (Lipinski definition) is 0. The maximum absolute atomic E-state index is 5.50. The summed E-state index contributed by atoms with van der Waals surface area (Å²) in [4.78, 5) is 0. The maximum Gasteiger partial charge on any atom is 0.0316 e. The summed E-state index contributed by atoms with van der Waals surface area (Å²) in [5.74, 6) is 2.92. The monoisotopic (exact) mass is 248 g/mol. The zero-order valence-electron chi connectivity index (χ0n) is 8.09. The molecule has 0 heterocycles. The van der Waals surface area contributed by atoms with E-state index < -0.39 is 0 Å². The number of rotatable bonds is 3. The van der Waals surface area contributed by atoms with Crippen LogP contribution in [0.15, 0.2) is 28.7 Å². The highest BCUT2D eigenvalue weighted by Crippen LogP contribution is 2.48. The standard InChI is InChI=1S/C13H13Br/c1-2-13(9-10-13)8-7-11-3-5-12(14)6-4-11/h1,3-6H,7-10H2. The Morgan fingerprint density at radius 2 is 1.93 bits per heavy atom. The highest BCUT2D eigenvalue weighted by molar-refractivity contribution is 9.10. The molecule has 1 heteroatoms. The van der Waals surface area contributed by atoms with Crippen LogP contribution in [0.25, 0.3) is 0 Å². The molecule has 2 rings (SSSR count). The zero-order valence-corrected chi connectivity index (χ0v) is 9.68. The Labute approximate surface area is 93.8 Å². The summed E-state index contributed by atoms with van der Waals surface area (Å²) in [6.45, 7) is 0. The van der Waals surface area contributed by atoms with Crippen molar-refractivity contribution in [1.29, 1.82) is 0 Å². The van der Waals surface area contributed by atoms with Crippen molar-refractivity contribution in [3.63, 3.8) is 0 Å². The molecule has 1 saturated carbocycles. The van der Waals surface area contributed by atoms with Gasteiger partial charge in [0.1, 0.15) is 0 Å². The maximum atomic E-state index is 5.50. The molecule has 0 aliphatic heterocycles. The Morgan fingerprint density at radius 1 is 1.29 bits per heavy atom. The molecule has 0 radical (unpaired) electrons. The van der Waals surface area contributed by atoms with Crippen LogP contribution in [-0.2, 0) is 6.42 Å². The number of terminal acetylenes is 1. The summed E-state index contributed by atoms with van der Waals surface area (Å²) >= 11 is 3.43. The van der Waals surface area contributed by atoms with Gasteiger partial charge in [0.05, 0.1) is 0 Å². The van der Waals surface area contributed by atoms with E-state index in [-0.39, 0.29) is 5.41 Å². The van der Waals surface area contributed by atoms with E-state index in [4.69, 9.17) is 6.42 Å². The van der Waals surface area contributed by atoms with Gasteiger partial charge in [0.25, 0.3) is 0 Å². The predicted octanol–water partition coefficient (Wildman–Crippen LogP) is 3.80. The van der Waals surface area contributed by atoms with Crippen LogP contribution in [-0.4, -0.2) is 0 Å². The summed E-state index contributed by atoms with van der Waals surface area (Å²) in [7, 11) is 0. The Hall–Kier alpha value is -0.740. The fraction of sp³-hybridized carbons (Fsp3) is 0.385. The molecule has 0 N–H and O–H groups in total. The van der Waals surface area contributed by atoms with Gasteiger partial charge in [-0.1, -0.05) is 34.0 Å². The lowest BCUT2D eigenvalue weighted by atomic mass is 9.98. The molecule has 0 atom stereocenters. The van der Waals surface area contributed by atoms with E-state index >= 15 is 0 Å². The summed E-state index contributed by atoms with van der Waals surface area (Å²) < 4.78 is 1.14. The Bertz CT molecular complexity index is 352. The molecule has 0 saturated heterocycles. The Morgan fingerprint density at radius 3 is 2.43 bits per heavy atom. The van der Waals surface area contributed by atoms with E-state index in [1.54, 1.807) is 0 Å². The summed E-state index contributed by atoms with van der Waals surface area (Å²) in [6.07, 6.45) is 10.2. The smallest absolute Gasteiger partial charge is 0.0316 e. The van der Waals surface area contributed by atoms with Gasteiger partial charge in [-0.05, 0) is 43.4 Å². The molecule has 0 bridgehead atoms. The van der Waals surface area contributed by atoms with E-state index in [0.29, 0.717) is 0 Å². The van der Waals surface area contributed by atoms with Crippen molar-refractivity contribution in [2.24, 2.45) is 5.41 Å². The van der Waals surface area contributed by atoms with Crippen molar-refractivity contribution in [3.8, 4) is 12.3 Å². The molecule has 0 nitrogen and oxygen atoms in total. The van der Waals surface area contributed by atoms with Gasteiger partial charge < -0.3 is 0 Å². The van der Waals surface area contributed by atoms with Gasteiger partial charge >= 0.3 is 0 Å². The van der Waals surface area contributed by atoms with Gasteiger partial charge in [0, 0.05) is 9.89 Å². The first-order chi connectivity index (χ1) is 6.74. The second-order valence-corrected chi connectivity index (χ2v) is 4.97. The minimum Gasteiger partial charge on any atom is -0.120 e.